The number of nitrogens with zero attached hydrogens (tertiary/aromatic N) is 1. The van der Waals surface area contributed by atoms with Gasteiger partial charge in [-0.1, -0.05) is 0 Å². The standard InChI is InChI=1S/C18H31FN6O3/c1-28-18(27)16-13(8-11(19)15(22-16)10-2-3-10)21-17(26)12-4-5-14(24-23-12)25-7-6-20-9-25/h10-16,20,22-24H,2-9H2,1H3,(H,21,26). The smallest absolute Gasteiger partial charge is 0.325 e. The number of nitrogens with one attached hydrogen (secondary N) is 5. The van der Waals surface area contributed by atoms with Crippen LogP contribution in [0.4, 0.5) is 4.39 Å². The number of amides is 1. The molecule has 0 aromatic heterocycles. The zero-order valence-corrected chi connectivity index (χ0v) is 16.2. The summed E-state index contributed by atoms with van der Waals surface area (Å²) >= 11 is 0. The maximum absolute atomic E-state index is 14.6. The Balaban J connectivity index is 1.32. The van der Waals surface area contributed by atoms with E-state index in [0.717, 1.165) is 39.0 Å². The number of esters is 1. The quantitative estimate of drug-likeness (QED) is 0.359. The van der Waals surface area contributed by atoms with Crippen LogP contribution in [0.5, 0.6) is 0 Å². The molecule has 3 heterocycles. The fourth-order valence-corrected chi connectivity index (χ4v) is 4.55. The van der Waals surface area contributed by atoms with E-state index < -0.39 is 30.3 Å². The van der Waals surface area contributed by atoms with E-state index in [9.17, 15) is 14.0 Å². The Labute approximate surface area is 164 Å². The van der Waals surface area contributed by atoms with Crippen LogP contribution < -0.4 is 26.8 Å². The Hall–Kier alpha value is -1.33. The lowest BCUT2D eigenvalue weighted by atomic mass is 9.89. The number of hydrogen-bond donors (Lipinski definition) is 5. The number of ether oxygens (including phenoxy) is 1. The topological polar surface area (TPSA) is 107 Å². The van der Waals surface area contributed by atoms with Gasteiger partial charge in [-0.05, 0) is 31.6 Å². The first kappa shape index (κ1) is 20.0. The molecule has 0 spiro atoms. The Morgan fingerprint density at radius 2 is 2.00 bits per heavy atom. The number of carbonyl (C=O) groups is 2. The summed E-state index contributed by atoms with van der Waals surface area (Å²) in [4.78, 5) is 27.2. The molecule has 6 atom stereocenters. The van der Waals surface area contributed by atoms with Crippen molar-refractivity contribution in [2.75, 3.05) is 26.9 Å². The van der Waals surface area contributed by atoms with Gasteiger partial charge in [0.15, 0.2) is 0 Å². The second-order valence-electron chi connectivity index (χ2n) is 8.30. The van der Waals surface area contributed by atoms with Gasteiger partial charge in [0.1, 0.15) is 18.3 Å². The predicted octanol–water partition coefficient (Wildman–Crippen LogP) is -1.43. The van der Waals surface area contributed by atoms with E-state index in [2.05, 4.69) is 31.7 Å². The van der Waals surface area contributed by atoms with E-state index in [1.807, 2.05) is 0 Å². The second-order valence-corrected chi connectivity index (χ2v) is 8.30. The van der Waals surface area contributed by atoms with E-state index in [-0.39, 0.29) is 30.5 Å². The highest BCUT2D eigenvalue weighted by molar-refractivity contribution is 5.84. The van der Waals surface area contributed by atoms with Crippen LogP contribution in [0.3, 0.4) is 0 Å². The Morgan fingerprint density at radius 3 is 2.61 bits per heavy atom. The van der Waals surface area contributed by atoms with Crippen molar-refractivity contribution in [3.05, 3.63) is 0 Å². The predicted molar refractivity (Wildman–Crippen MR) is 99.6 cm³/mol. The molecule has 4 aliphatic rings. The Morgan fingerprint density at radius 1 is 1.18 bits per heavy atom. The molecule has 5 N–H and O–H groups in total. The highest BCUT2D eigenvalue weighted by atomic mass is 19.1. The first-order valence-electron chi connectivity index (χ1n) is 10.3. The number of halogens is 1. The van der Waals surface area contributed by atoms with Gasteiger partial charge in [0.2, 0.25) is 5.91 Å². The van der Waals surface area contributed by atoms with Crippen LogP contribution in [0, 0.1) is 5.92 Å². The molecule has 0 aromatic rings. The average molecular weight is 398 g/mol. The van der Waals surface area contributed by atoms with Crippen LogP contribution in [-0.4, -0.2) is 80.1 Å². The molecule has 9 nitrogen and oxygen atoms in total. The van der Waals surface area contributed by atoms with Gasteiger partial charge in [-0.25, -0.2) is 15.2 Å². The minimum absolute atomic E-state index is 0.127. The summed E-state index contributed by atoms with van der Waals surface area (Å²) in [6.45, 7) is 2.79. The zero-order chi connectivity index (χ0) is 19.7. The summed E-state index contributed by atoms with van der Waals surface area (Å²) in [6, 6.07) is -2.08. The van der Waals surface area contributed by atoms with Crippen molar-refractivity contribution in [2.24, 2.45) is 5.92 Å². The molecule has 0 bridgehead atoms. The largest absolute Gasteiger partial charge is 0.468 e. The van der Waals surface area contributed by atoms with Crippen LogP contribution in [0.25, 0.3) is 0 Å². The monoisotopic (exact) mass is 398 g/mol. The van der Waals surface area contributed by atoms with Crippen LogP contribution in [0.2, 0.25) is 0 Å². The van der Waals surface area contributed by atoms with Gasteiger partial charge in [0.05, 0.1) is 19.3 Å². The lowest BCUT2D eigenvalue weighted by Crippen LogP contribution is -2.67. The van der Waals surface area contributed by atoms with Gasteiger partial charge >= 0.3 is 5.97 Å². The van der Waals surface area contributed by atoms with E-state index >= 15 is 0 Å². The average Bonchev–Trinajstić information content (AvgIpc) is 3.40. The van der Waals surface area contributed by atoms with Gasteiger partial charge in [0, 0.05) is 32.2 Å². The van der Waals surface area contributed by atoms with Crippen molar-refractivity contribution in [3.8, 4) is 0 Å². The van der Waals surface area contributed by atoms with Crippen LogP contribution in [-0.2, 0) is 14.3 Å². The molecule has 1 amide bonds. The summed E-state index contributed by atoms with van der Waals surface area (Å²) in [5.74, 6) is -0.400. The van der Waals surface area contributed by atoms with E-state index in [1.165, 1.54) is 7.11 Å². The maximum atomic E-state index is 14.6. The molecule has 10 heteroatoms. The molecule has 1 aliphatic carbocycles. The SMILES string of the molecule is COC(=O)C1NC(C2CC2)C(F)CC1NC(=O)C1CCC(N2CCNC2)NN1. The van der Waals surface area contributed by atoms with E-state index in [1.54, 1.807) is 0 Å². The number of hydrogen-bond acceptors (Lipinski definition) is 8. The molecule has 0 radical (unpaired) electrons. The summed E-state index contributed by atoms with van der Waals surface area (Å²) in [5, 5.41) is 9.27. The molecular weight excluding hydrogens is 367 g/mol. The molecule has 3 aliphatic heterocycles. The summed E-state index contributed by atoms with van der Waals surface area (Å²) in [5.41, 5.74) is 6.29. The number of rotatable bonds is 5. The van der Waals surface area contributed by atoms with E-state index in [4.69, 9.17) is 4.74 Å². The molecule has 158 valence electrons. The molecule has 4 fully saturated rings. The highest BCUT2D eigenvalue weighted by Gasteiger charge is 2.47. The van der Waals surface area contributed by atoms with Crippen LogP contribution in [0.1, 0.15) is 32.1 Å². The fraction of sp³-hybridized carbons (Fsp3) is 0.889. The number of alkyl halides is 1. The van der Waals surface area contributed by atoms with Gasteiger partial charge in [-0.2, -0.15) is 0 Å². The van der Waals surface area contributed by atoms with Gasteiger partial charge in [0.25, 0.3) is 0 Å². The molecule has 0 aromatic carbocycles. The number of piperidine rings is 1. The number of carbonyl (C=O) groups excluding carboxylic acids is 2. The van der Waals surface area contributed by atoms with Crippen LogP contribution in [0.15, 0.2) is 0 Å². The normalized spacial score (nSPS) is 39.5. The molecule has 6 unspecified atom stereocenters. The Kier molecular flexibility index (Phi) is 6.12. The first-order chi connectivity index (χ1) is 13.6. The van der Waals surface area contributed by atoms with E-state index in [0.29, 0.717) is 6.42 Å². The zero-order valence-electron chi connectivity index (χ0n) is 16.2. The third kappa shape index (κ3) is 4.30. The third-order valence-electron chi connectivity index (χ3n) is 6.36. The number of hydrazine groups is 1. The van der Waals surface area contributed by atoms with Crippen molar-refractivity contribution in [3.63, 3.8) is 0 Å². The third-order valence-corrected chi connectivity index (χ3v) is 6.36. The molecule has 4 rings (SSSR count). The number of methoxy groups -OCH3 is 1. The van der Waals surface area contributed by atoms with Gasteiger partial charge in [-0.15, -0.1) is 0 Å². The lowest BCUT2D eigenvalue weighted by molar-refractivity contribution is -0.146. The highest BCUT2D eigenvalue weighted by Crippen LogP contribution is 2.38. The maximum Gasteiger partial charge on any atom is 0.325 e. The first-order valence-corrected chi connectivity index (χ1v) is 10.3. The van der Waals surface area contributed by atoms with Crippen molar-refractivity contribution in [2.45, 2.75) is 68.6 Å². The molecule has 1 saturated carbocycles. The van der Waals surface area contributed by atoms with Crippen LogP contribution >= 0.6 is 0 Å². The Bertz CT molecular complexity index is 578. The van der Waals surface area contributed by atoms with Crippen molar-refractivity contribution >= 4 is 11.9 Å². The fourth-order valence-electron chi connectivity index (χ4n) is 4.55. The minimum atomic E-state index is -1.08. The van der Waals surface area contributed by atoms with Gasteiger partial charge < -0.3 is 15.4 Å². The van der Waals surface area contributed by atoms with Crippen molar-refractivity contribution in [1.82, 2.24) is 31.7 Å². The van der Waals surface area contributed by atoms with Crippen molar-refractivity contribution < 1.29 is 18.7 Å². The molecule has 28 heavy (non-hydrogen) atoms. The molecule has 3 saturated heterocycles. The summed E-state index contributed by atoms with van der Waals surface area (Å²) in [6.07, 6.45) is 2.71. The summed E-state index contributed by atoms with van der Waals surface area (Å²) in [7, 11) is 1.32. The second kappa shape index (κ2) is 8.58. The lowest BCUT2D eigenvalue weighted by Gasteiger charge is -2.40. The van der Waals surface area contributed by atoms with Crippen molar-refractivity contribution in [1.29, 1.82) is 0 Å². The summed E-state index contributed by atoms with van der Waals surface area (Å²) < 4.78 is 19.5. The van der Waals surface area contributed by atoms with Gasteiger partial charge in [-0.3, -0.25) is 19.8 Å². The molecular formula is C18H31FN6O3. The minimum Gasteiger partial charge on any atom is -0.468 e.